The molecule has 0 aliphatic carbocycles. The summed E-state index contributed by atoms with van der Waals surface area (Å²) in [5.41, 5.74) is 7.55. The Morgan fingerprint density at radius 3 is 2.58 bits per heavy atom. The van der Waals surface area contributed by atoms with Gasteiger partial charge in [0.2, 0.25) is 0 Å². The average molecular weight is 296 g/mol. The van der Waals surface area contributed by atoms with Crippen molar-refractivity contribution in [2.24, 2.45) is 5.73 Å². The zero-order valence-electron chi connectivity index (χ0n) is 10.6. The van der Waals surface area contributed by atoms with E-state index >= 15 is 0 Å². The number of halogens is 2. The number of aryl methyl sites for hydroxylation is 1. The van der Waals surface area contributed by atoms with E-state index < -0.39 is 0 Å². The summed E-state index contributed by atoms with van der Waals surface area (Å²) in [7, 11) is 0. The first kappa shape index (κ1) is 14.2. The predicted molar refractivity (Wildman–Crippen MR) is 80.2 cm³/mol. The fourth-order valence-electron chi connectivity index (χ4n) is 1.85. The molecule has 0 aliphatic rings. The fourth-order valence-corrected chi connectivity index (χ4v) is 2.34. The topological polar surface area (TPSA) is 35.2 Å². The van der Waals surface area contributed by atoms with Gasteiger partial charge in [0, 0.05) is 22.2 Å². The van der Waals surface area contributed by atoms with Crippen LogP contribution in [0.1, 0.15) is 18.1 Å². The van der Waals surface area contributed by atoms with Crippen LogP contribution in [0.5, 0.6) is 11.5 Å². The van der Waals surface area contributed by atoms with Crippen LogP contribution in [0.15, 0.2) is 36.4 Å². The standard InChI is InChI=1S/C15H15Cl2NO/c1-2-10-8-11(6-7-13(10)16)19-15-5-3-4-14(17)12(15)9-18/h3-8H,2,9,18H2,1H3. The van der Waals surface area contributed by atoms with Gasteiger partial charge in [-0.15, -0.1) is 0 Å². The Morgan fingerprint density at radius 1 is 1.11 bits per heavy atom. The largest absolute Gasteiger partial charge is 0.457 e. The van der Waals surface area contributed by atoms with Gasteiger partial charge in [-0.2, -0.15) is 0 Å². The van der Waals surface area contributed by atoms with Crippen LogP contribution in [0.25, 0.3) is 0 Å². The minimum absolute atomic E-state index is 0.337. The van der Waals surface area contributed by atoms with Crippen LogP contribution in [0.2, 0.25) is 10.0 Å². The SMILES string of the molecule is CCc1cc(Oc2cccc(Cl)c2CN)ccc1Cl. The van der Waals surface area contributed by atoms with Gasteiger partial charge in [-0.25, -0.2) is 0 Å². The van der Waals surface area contributed by atoms with Crippen molar-refractivity contribution >= 4 is 23.2 Å². The van der Waals surface area contributed by atoms with E-state index in [0.717, 1.165) is 28.3 Å². The number of nitrogens with two attached hydrogens (primary N) is 1. The van der Waals surface area contributed by atoms with E-state index in [-0.39, 0.29) is 0 Å². The van der Waals surface area contributed by atoms with Crippen LogP contribution in [0.4, 0.5) is 0 Å². The molecule has 2 aromatic rings. The molecule has 0 aliphatic heterocycles. The molecule has 0 amide bonds. The van der Waals surface area contributed by atoms with Crippen LogP contribution in [0, 0.1) is 0 Å². The van der Waals surface area contributed by atoms with Crippen LogP contribution in [0.3, 0.4) is 0 Å². The molecular formula is C15H15Cl2NO. The highest BCUT2D eigenvalue weighted by Crippen LogP contribution is 2.31. The Morgan fingerprint density at radius 2 is 1.89 bits per heavy atom. The summed E-state index contributed by atoms with van der Waals surface area (Å²) in [5.74, 6) is 1.41. The summed E-state index contributed by atoms with van der Waals surface area (Å²) >= 11 is 12.2. The van der Waals surface area contributed by atoms with Crippen molar-refractivity contribution in [3.05, 3.63) is 57.6 Å². The molecule has 2 rings (SSSR count). The van der Waals surface area contributed by atoms with Crippen molar-refractivity contribution < 1.29 is 4.74 Å². The highest BCUT2D eigenvalue weighted by molar-refractivity contribution is 6.31. The Hall–Kier alpha value is -1.22. The van der Waals surface area contributed by atoms with E-state index in [0.29, 0.717) is 17.3 Å². The molecule has 100 valence electrons. The van der Waals surface area contributed by atoms with Gasteiger partial charge < -0.3 is 10.5 Å². The zero-order chi connectivity index (χ0) is 13.8. The summed E-state index contributed by atoms with van der Waals surface area (Å²) in [5, 5.41) is 1.37. The van der Waals surface area contributed by atoms with E-state index in [2.05, 4.69) is 6.92 Å². The van der Waals surface area contributed by atoms with Crippen molar-refractivity contribution in [3.63, 3.8) is 0 Å². The molecule has 0 radical (unpaired) electrons. The lowest BCUT2D eigenvalue weighted by Gasteiger charge is -2.12. The Kier molecular flexibility index (Phi) is 4.70. The monoisotopic (exact) mass is 295 g/mol. The lowest BCUT2D eigenvalue weighted by molar-refractivity contribution is 0.476. The lowest BCUT2D eigenvalue weighted by atomic mass is 10.1. The molecule has 4 heteroatoms. The van der Waals surface area contributed by atoms with Crippen molar-refractivity contribution in [2.45, 2.75) is 19.9 Å². The summed E-state index contributed by atoms with van der Waals surface area (Å²) in [4.78, 5) is 0. The molecular weight excluding hydrogens is 281 g/mol. The van der Waals surface area contributed by atoms with Crippen molar-refractivity contribution in [3.8, 4) is 11.5 Å². The average Bonchev–Trinajstić information content (AvgIpc) is 2.41. The first-order valence-electron chi connectivity index (χ1n) is 6.09. The van der Waals surface area contributed by atoms with Crippen LogP contribution in [-0.4, -0.2) is 0 Å². The maximum absolute atomic E-state index is 6.10. The molecule has 0 atom stereocenters. The molecule has 2 nitrogen and oxygen atoms in total. The second-order valence-electron chi connectivity index (χ2n) is 4.13. The van der Waals surface area contributed by atoms with Gasteiger partial charge in [0.25, 0.3) is 0 Å². The summed E-state index contributed by atoms with van der Waals surface area (Å²) < 4.78 is 5.86. The first-order valence-corrected chi connectivity index (χ1v) is 6.85. The third-order valence-corrected chi connectivity index (χ3v) is 3.63. The smallest absolute Gasteiger partial charge is 0.133 e. The predicted octanol–water partition coefficient (Wildman–Crippen LogP) is 4.81. The van der Waals surface area contributed by atoms with Crippen molar-refractivity contribution in [1.82, 2.24) is 0 Å². The van der Waals surface area contributed by atoms with Gasteiger partial charge in [0.05, 0.1) is 0 Å². The molecule has 0 saturated heterocycles. The number of benzene rings is 2. The van der Waals surface area contributed by atoms with Crippen LogP contribution >= 0.6 is 23.2 Å². The van der Waals surface area contributed by atoms with E-state index in [1.165, 1.54) is 0 Å². The number of hydrogen-bond donors (Lipinski definition) is 1. The Bertz CT molecular complexity index is 584. The van der Waals surface area contributed by atoms with Gasteiger partial charge in [0.1, 0.15) is 11.5 Å². The number of ether oxygens (including phenoxy) is 1. The minimum atomic E-state index is 0.337. The molecule has 0 fully saturated rings. The van der Waals surface area contributed by atoms with Crippen LogP contribution < -0.4 is 10.5 Å². The maximum atomic E-state index is 6.10. The van der Waals surface area contributed by atoms with Gasteiger partial charge in [-0.3, -0.25) is 0 Å². The second kappa shape index (κ2) is 6.29. The van der Waals surface area contributed by atoms with E-state index in [9.17, 15) is 0 Å². The Balaban J connectivity index is 2.33. The molecule has 19 heavy (non-hydrogen) atoms. The summed E-state index contributed by atoms with van der Waals surface area (Å²) in [6.45, 7) is 2.39. The van der Waals surface area contributed by atoms with Crippen molar-refractivity contribution in [2.75, 3.05) is 0 Å². The molecule has 2 N–H and O–H groups in total. The highest BCUT2D eigenvalue weighted by Gasteiger charge is 2.08. The molecule has 2 aromatic carbocycles. The second-order valence-corrected chi connectivity index (χ2v) is 4.94. The zero-order valence-corrected chi connectivity index (χ0v) is 12.1. The lowest BCUT2D eigenvalue weighted by Crippen LogP contribution is -2.00. The Labute approximate surface area is 123 Å². The molecule has 0 saturated carbocycles. The third kappa shape index (κ3) is 3.21. The van der Waals surface area contributed by atoms with Crippen molar-refractivity contribution in [1.29, 1.82) is 0 Å². The third-order valence-electron chi connectivity index (χ3n) is 2.91. The normalized spacial score (nSPS) is 10.5. The van der Waals surface area contributed by atoms with E-state index in [4.69, 9.17) is 33.7 Å². The molecule has 0 heterocycles. The molecule has 0 aromatic heterocycles. The van der Waals surface area contributed by atoms with Gasteiger partial charge >= 0.3 is 0 Å². The summed E-state index contributed by atoms with van der Waals surface area (Å²) in [6.07, 6.45) is 0.856. The first-order chi connectivity index (χ1) is 9.15. The van der Waals surface area contributed by atoms with Gasteiger partial charge in [0.15, 0.2) is 0 Å². The molecule has 0 unspecified atom stereocenters. The van der Waals surface area contributed by atoms with Gasteiger partial charge in [-0.1, -0.05) is 36.2 Å². The van der Waals surface area contributed by atoms with Gasteiger partial charge in [-0.05, 0) is 42.3 Å². The van der Waals surface area contributed by atoms with E-state index in [1.54, 1.807) is 6.07 Å². The number of hydrogen-bond acceptors (Lipinski definition) is 2. The molecule has 0 bridgehead atoms. The van der Waals surface area contributed by atoms with Crippen LogP contribution in [-0.2, 0) is 13.0 Å². The highest BCUT2D eigenvalue weighted by atomic mass is 35.5. The minimum Gasteiger partial charge on any atom is -0.457 e. The quantitative estimate of drug-likeness (QED) is 0.879. The maximum Gasteiger partial charge on any atom is 0.133 e. The fraction of sp³-hybridized carbons (Fsp3) is 0.200. The van der Waals surface area contributed by atoms with E-state index in [1.807, 2.05) is 30.3 Å². The molecule has 0 spiro atoms. The summed E-state index contributed by atoms with van der Waals surface area (Å²) in [6, 6.07) is 11.1. The number of rotatable bonds is 4.